The lowest BCUT2D eigenvalue weighted by Gasteiger charge is -2.25. The zero-order chi connectivity index (χ0) is 20.3. The van der Waals surface area contributed by atoms with E-state index in [-0.39, 0.29) is 23.4 Å². The molecule has 1 saturated carbocycles. The lowest BCUT2D eigenvalue weighted by Crippen LogP contribution is -2.31. The maximum Gasteiger partial charge on any atom is 0.264 e. The summed E-state index contributed by atoms with van der Waals surface area (Å²) in [6.45, 7) is 0.172. The zero-order valence-corrected chi connectivity index (χ0v) is 16.7. The van der Waals surface area contributed by atoms with Crippen LogP contribution in [0, 0.1) is 0 Å². The van der Waals surface area contributed by atoms with Gasteiger partial charge in [-0.15, -0.1) is 0 Å². The van der Waals surface area contributed by atoms with E-state index >= 15 is 0 Å². The minimum Gasteiger partial charge on any atom is -0.349 e. The number of benzene rings is 3. The third-order valence-electron chi connectivity index (χ3n) is 4.81. The molecule has 5 nitrogen and oxygen atoms in total. The van der Waals surface area contributed by atoms with Gasteiger partial charge in [0, 0.05) is 11.6 Å². The Labute approximate surface area is 171 Å². The van der Waals surface area contributed by atoms with E-state index in [4.69, 9.17) is 0 Å². The molecule has 1 amide bonds. The van der Waals surface area contributed by atoms with Crippen LogP contribution in [0.1, 0.15) is 28.8 Å². The van der Waals surface area contributed by atoms with E-state index in [2.05, 4.69) is 5.32 Å². The van der Waals surface area contributed by atoms with Crippen molar-refractivity contribution >= 4 is 21.6 Å². The van der Waals surface area contributed by atoms with Crippen LogP contribution in [0.4, 0.5) is 5.69 Å². The van der Waals surface area contributed by atoms with Crippen LogP contribution < -0.4 is 9.62 Å². The highest BCUT2D eigenvalue weighted by molar-refractivity contribution is 7.92. The summed E-state index contributed by atoms with van der Waals surface area (Å²) in [5.74, 6) is -0.175. The molecule has 1 fully saturated rings. The van der Waals surface area contributed by atoms with E-state index < -0.39 is 10.0 Å². The van der Waals surface area contributed by atoms with Crippen molar-refractivity contribution in [3.8, 4) is 0 Å². The first-order valence-corrected chi connectivity index (χ1v) is 11.0. The number of sulfonamides is 1. The third kappa shape index (κ3) is 4.49. The molecule has 1 N–H and O–H groups in total. The monoisotopic (exact) mass is 406 g/mol. The number of hydrogen-bond donors (Lipinski definition) is 1. The van der Waals surface area contributed by atoms with Crippen LogP contribution in [0.15, 0.2) is 89.8 Å². The van der Waals surface area contributed by atoms with Crippen molar-refractivity contribution in [2.24, 2.45) is 0 Å². The Morgan fingerprint density at radius 1 is 0.897 bits per heavy atom. The maximum absolute atomic E-state index is 13.4. The van der Waals surface area contributed by atoms with Crippen LogP contribution in [0.5, 0.6) is 0 Å². The van der Waals surface area contributed by atoms with Crippen LogP contribution in [0.3, 0.4) is 0 Å². The summed E-state index contributed by atoms with van der Waals surface area (Å²) in [6, 6.07) is 24.8. The average Bonchev–Trinajstić information content (AvgIpc) is 3.57. The number of rotatable bonds is 7. The van der Waals surface area contributed by atoms with E-state index in [1.165, 1.54) is 4.31 Å². The first kappa shape index (κ1) is 19.2. The van der Waals surface area contributed by atoms with Gasteiger partial charge in [-0.1, -0.05) is 54.6 Å². The summed E-state index contributed by atoms with van der Waals surface area (Å²) in [4.78, 5) is 12.7. The van der Waals surface area contributed by atoms with Gasteiger partial charge in [0.15, 0.2) is 0 Å². The maximum atomic E-state index is 13.4. The lowest BCUT2D eigenvalue weighted by molar-refractivity contribution is 0.0951. The minimum atomic E-state index is -3.80. The van der Waals surface area contributed by atoms with Gasteiger partial charge in [0.2, 0.25) is 0 Å². The van der Waals surface area contributed by atoms with Gasteiger partial charge in [-0.3, -0.25) is 9.10 Å². The number of anilines is 1. The van der Waals surface area contributed by atoms with E-state index in [0.29, 0.717) is 11.3 Å². The Balaban J connectivity index is 1.73. The predicted octanol–water partition coefficient (Wildman–Crippen LogP) is 3.97. The second-order valence-electron chi connectivity index (χ2n) is 7.11. The molecule has 29 heavy (non-hydrogen) atoms. The highest BCUT2D eigenvalue weighted by Crippen LogP contribution is 2.27. The number of carbonyl (C=O) groups is 1. The molecule has 3 aromatic carbocycles. The number of hydrogen-bond acceptors (Lipinski definition) is 3. The second kappa shape index (κ2) is 8.09. The predicted molar refractivity (Wildman–Crippen MR) is 113 cm³/mol. The molecule has 0 atom stereocenters. The Hall–Kier alpha value is -3.12. The second-order valence-corrected chi connectivity index (χ2v) is 8.97. The fraction of sp³-hybridized carbons (Fsp3) is 0.174. The van der Waals surface area contributed by atoms with Crippen molar-refractivity contribution < 1.29 is 13.2 Å². The van der Waals surface area contributed by atoms with Gasteiger partial charge >= 0.3 is 0 Å². The molecule has 0 aliphatic heterocycles. The Kier molecular flexibility index (Phi) is 5.36. The number of nitrogens with zero attached hydrogens (tertiary/aromatic N) is 1. The number of amides is 1. The van der Waals surface area contributed by atoms with E-state index in [9.17, 15) is 13.2 Å². The standard InChI is InChI=1S/C23H22N2O3S/c26-23(24-20-14-15-20)19-10-7-11-21(16-19)25(17-18-8-3-1-4-9-18)29(27,28)22-12-5-2-6-13-22/h1-13,16,20H,14-15,17H2,(H,24,26). The van der Waals surface area contributed by atoms with Crippen molar-refractivity contribution in [2.75, 3.05) is 4.31 Å². The first-order chi connectivity index (χ1) is 14.0. The van der Waals surface area contributed by atoms with Gasteiger partial charge in [-0.05, 0) is 48.7 Å². The van der Waals surface area contributed by atoms with Crippen molar-refractivity contribution in [2.45, 2.75) is 30.3 Å². The van der Waals surface area contributed by atoms with Crippen LogP contribution >= 0.6 is 0 Å². The molecule has 0 bridgehead atoms. The van der Waals surface area contributed by atoms with Crippen molar-refractivity contribution in [3.05, 3.63) is 96.1 Å². The van der Waals surface area contributed by atoms with Crippen molar-refractivity contribution in [1.82, 2.24) is 5.32 Å². The summed E-state index contributed by atoms with van der Waals surface area (Å²) < 4.78 is 28.2. The van der Waals surface area contributed by atoms with Gasteiger partial charge in [0.1, 0.15) is 0 Å². The van der Waals surface area contributed by atoms with Gasteiger partial charge in [0.05, 0.1) is 17.1 Å². The van der Waals surface area contributed by atoms with Gasteiger partial charge < -0.3 is 5.32 Å². The van der Waals surface area contributed by atoms with E-state index in [0.717, 1.165) is 18.4 Å². The molecule has 0 aromatic heterocycles. The fourth-order valence-corrected chi connectivity index (χ4v) is 4.55. The molecule has 6 heteroatoms. The summed E-state index contributed by atoms with van der Waals surface area (Å²) >= 11 is 0. The molecule has 3 aromatic rings. The van der Waals surface area contributed by atoms with E-state index in [1.807, 2.05) is 30.3 Å². The smallest absolute Gasteiger partial charge is 0.264 e. The Morgan fingerprint density at radius 2 is 1.55 bits per heavy atom. The average molecular weight is 407 g/mol. The third-order valence-corrected chi connectivity index (χ3v) is 6.60. The fourth-order valence-electron chi connectivity index (χ4n) is 3.08. The normalized spacial score (nSPS) is 13.7. The SMILES string of the molecule is O=C(NC1CC1)c1cccc(N(Cc2ccccc2)S(=O)(=O)c2ccccc2)c1. The van der Waals surface area contributed by atoms with Crippen LogP contribution in [0.25, 0.3) is 0 Å². The van der Waals surface area contributed by atoms with Crippen LogP contribution in [-0.4, -0.2) is 20.4 Å². The van der Waals surface area contributed by atoms with Crippen LogP contribution in [-0.2, 0) is 16.6 Å². The van der Waals surface area contributed by atoms with Crippen molar-refractivity contribution in [3.63, 3.8) is 0 Å². The van der Waals surface area contributed by atoms with Crippen molar-refractivity contribution in [1.29, 1.82) is 0 Å². The largest absolute Gasteiger partial charge is 0.349 e. The molecule has 1 aliphatic rings. The Bertz CT molecular complexity index is 1100. The summed E-state index contributed by atoms with van der Waals surface area (Å²) in [5.41, 5.74) is 1.77. The molecule has 0 spiro atoms. The topological polar surface area (TPSA) is 66.5 Å². The Morgan fingerprint density at radius 3 is 2.21 bits per heavy atom. The first-order valence-electron chi connectivity index (χ1n) is 9.57. The number of carbonyl (C=O) groups excluding carboxylic acids is 1. The van der Waals surface area contributed by atoms with Gasteiger partial charge in [-0.25, -0.2) is 8.42 Å². The molecule has 0 saturated heterocycles. The van der Waals surface area contributed by atoms with Gasteiger partial charge in [-0.2, -0.15) is 0 Å². The molecular formula is C23H22N2O3S. The van der Waals surface area contributed by atoms with E-state index in [1.54, 1.807) is 54.6 Å². The highest BCUT2D eigenvalue weighted by atomic mass is 32.2. The molecule has 1 aliphatic carbocycles. The summed E-state index contributed by atoms with van der Waals surface area (Å²) in [6.07, 6.45) is 1.99. The number of nitrogens with one attached hydrogen (secondary N) is 1. The lowest BCUT2D eigenvalue weighted by atomic mass is 10.1. The van der Waals surface area contributed by atoms with Gasteiger partial charge in [0.25, 0.3) is 15.9 Å². The van der Waals surface area contributed by atoms with Crippen LogP contribution in [0.2, 0.25) is 0 Å². The summed E-state index contributed by atoms with van der Waals surface area (Å²) in [7, 11) is -3.80. The minimum absolute atomic E-state index is 0.172. The molecule has 148 valence electrons. The molecule has 0 unspecified atom stereocenters. The molecular weight excluding hydrogens is 384 g/mol. The molecule has 0 heterocycles. The highest BCUT2D eigenvalue weighted by Gasteiger charge is 2.27. The molecule has 4 rings (SSSR count). The quantitative estimate of drug-likeness (QED) is 0.646. The molecule has 0 radical (unpaired) electrons. The zero-order valence-electron chi connectivity index (χ0n) is 15.9. The summed E-state index contributed by atoms with van der Waals surface area (Å²) in [5, 5.41) is 2.95.